The molecule has 0 bridgehead atoms. The third-order valence-electron chi connectivity index (χ3n) is 4.70. The quantitative estimate of drug-likeness (QED) is 0.900. The van der Waals surface area contributed by atoms with Crippen molar-refractivity contribution in [3.63, 3.8) is 0 Å². The molecule has 1 aromatic heterocycles. The zero-order valence-electron chi connectivity index (χ0n) is 13.8. The van der Waals surface area contributed by atoms with E-state index in [1.807, 2.05) is 20.8 Å². The van der Waals surface area contributed by atoms with Gasteiger partial charge in [-0.15, -0.1) is 0 Å². The van der Waals surface area contributed by atoms with E-state index in [0.717, 1.165) is 31.0 Å². The molecule has 1 aliphatic heterocycles. The van der Waals surface area contributed by atoms with Crippen LogP contribution in [-0.4, -0.2) is 46.3 Å². The Kier molecular flexibility index (Phi) is 5.39. The Morgan fingerprint density at radius 3 is 2.71 bits per heavy atom. The maximum absolute atomic E-state index is 12.0. The lowest BCUT2D eigenvalue weighted by molar-refractivity contribution is -0.121. The van der Waals surface area contributed by atoms with Crippen LogP contribution in [-0.2, 0) is 11.3 Å². The molecule has 1 aliphatic rings. The Morgan fingerprint density at radius 1 is 1.33 bits per heavy atom. The Morgan fingerprint density at radius 2 is 2.10 bits per heavy atom. The number of aryl methyl sites for hydroxylation is 1. The molecule has 1 fully saturated rings. The predicted octanol–water partition coefficient (Wildman–Crippen LogP) is 1.80. The minimum absolute atomic E-state index is 0.0465. The van der Waals surface area contributed by atoms with Gasteiger partial charge in [-0.1, -0.05) is 6.42 Å². The topological polar surface area (TPSA) is 50.2 Å². The number of carbonyl (C=O) groups excluding carboxylic acids is 1. The van der Waals surface area contributed by atoms with Crippen molar-refractivity contribution in [3.05, 3.63) is 17.0 Å². The summed E-state index contributed by atoms with van der Waals surface area (Å²) >= 11 is 0. The van der Waals surface area contributed by atoms with Crippen LogP contribution in [0.3, 0.4) is 0 Å². The van der Waals surface area contributed by atoms with Crippen LogP contribution < -0.4 is 5.32 Å². The summed E-state index contributed by atoms with van der Waals surface area (Å²) in [7, 11) is 0. The van der Waals surface area contributed by atoms with Crippen LogP contribution in [0.25, 0.3) is 0 Å². The fraction of sp³-hybridized carbons (Fsp3) is 0.750. The van der Waals surface area contributed by atoms with E-state index in [0.29, 0.717) is 12.6 Å². The number of rotatable bonds is 5. The van der Waals surface area contributed by atoms with Crippen molar-refractivity contribution >= 4 is 5.91 Å². The first kappa shape index (κ1) is 16.0. The predicted molar refractivity (Wildman–Crippen MR) is 84.3 cm³/mol. The van der Waals surface area contributed by atoms with Crippen molar-refractivity contribution in [1.82, 2.24) is 20.0 Å². The first-order chi connectivity index (χ1) is 9.99. The summed E-state index contributed by atoms with van der Waals surface area (Å²) in [6, 6.07) is 0.648. The van der Waals surface area contributed by atoms with Gasteiger partial charge in [0.2, 0.25) is 5.91 Å². The van der Waals surface area contributed by atoms with E-state index >= 15 is 0 Å². The number of nitrogens with one attached hydrogen (secondary N) is 1. The summed E-state index contributed by atoms with van der Waals surface area (Å²) < 4.78 is 1.80. The number of likely N-dealkylation sites (tertiary alicyclic amines) is 1. The molecule has 1 amide bonds. The number of hydrogen-bond acceptors (Lipinski definition) is 3. The fourth-order valence-electron chi connectivity index (χ4n) is 2.96. The molecule has 0 radical (unpaired) electrons. The SMILES string of the molecule is Cc1nn(CC(=O)NCCN2CCCCC2C)c(C)c1C. The number of carbonyl (C=O) groups is 1. The minimum Gasteiger partial charge on any atom is -0.353 e. The van der Waals surface area contributed by atoms with Gasteiger partial charge in [0.15, 0.2) is 0 Å². The zero-order valence-corrected chi connectivity index (χ0v) is 13.8. The second kappa shape index (κ2) is 7.07. The summed E-state index contributed by atoms with van der Waals surface area (Å²) in [4.78, 5) is 14.5. The summed E-state index contributed by atoms with van der Waals surface area (Å²) in [5, 5.41) is 7.42. The second-order valence-corrected chi connectivity index (χ2v) is 6.18. The fourth-order valence-corrected chi connectivity index (χ4v) is 2.96. The zero-order chi connectivity index (χ0) is 15.4. The average molecular weight is 292 g/mol. The molecule has 1 aromatic rings. The van der Waals surface area contributed by atoms with Crippen LogP contribution in [0.15, 0.2) is 0 Å². The Balaban J connectivity index is 1.76. The molecule has 118 valence electrons. The van der Waals surface area contributed by atoms with Crippen LogP contribution in [0.5, 0.6) is 0 Å². The van der Waals surface area contributed by atoms with Gasteiger partial charge in [-0.05, 0) is 52.6 Å². The molecule has 1 saturated heterocycles. The summed E-state index contributed by atoms with van der Waals surface area (Å²) in [6.07, 6.45) is 3.89. The van der Waals surface area contributed by atoms with E-state index < -0.39 is 0 Å². The molecular formula is C16H28N4O. The normalized spacial score (nSPS) is 19.7. The molecular weight excluding hydrogens is 264 g/mol. The second-order valence-electron chi connectivity index (χ2n) is 6.18. The molecule has 1 unspecified atom stereocenters. The van der Waals surface area contributed by atoms with Gasteiger partial charge in [0.1, 0.15) is 6.54 Å². The van der Waals surface area contributed by atoms with Crippen molar-refractivity contribution in [3.8, 4) is 0 Å². The number of hydrogen-bond donors (Lipinski definition) is 1. The third kappa shape index (κ3) is 4.06. The molecule has 21 heavy (non-hydrogen) atoms. The van der Waals surface area contributed by atoms with Crippen LogP contribution in [0.2, 0.25) is 0 Å². The standard InChI is InChI=1S/C16H28N4O/c1-12-7-5-6-9-19(12)10-8-17-16(21)11-20-15(4)13(2)14(3)18-20/h12H,5-11H2,1-4H3,(H,17,21). The van der Waals surface area contributed by atoms with Gasteiger partial charge >= 0.3 is 0 Å². The monoisotopic (exact) mass is 292 g/mol. The third-order valence-corrected chi connectivity index (χ3v) is 4.70. The average Bonchev–Trinajstić information content (AvgIpc) is 2.68. The highest BCUT2D eigenvalue weighted by Gasteiger charge is 2.17. The first-order valence-electron chi connectivity index (χ1n) is 8.00. The lowest BCUT2D eigenvalue weighted by Crippen LogP contribution is -2.43. The van der Waals surface area contributed by atoms with Gasteiger partial charge in [-0.3, -0.25) is 14.4 Å². The van der Waals surface area contributed by atoms with Crippen LogP contribution in [0.1, 0.15) is 43.1 Å². The maximum Gasteiger partial charge on any atom is 0.241 e. The molecule has 0 saturated carbocycles. The molecule has 1 N–H and O–H groups in total. The summed E-state index contributed by atoms with van der Waals surface area (Å²) in [5.41, 5.74) is 3.25. The van der Waals surface area contributed by atoms with E-state index in [1.165, 1.54) is 24.8 Å². The molecule has 0 aliphatic carbocycles. The number of aromatic nitrogens is 2. The van der Waals surface area contributed by atoms with Crippen LogP contribution in [0.4, 0.5) is 0 Å². The van der Waals surface area contributed by atoms with Crippen molar-refractivity contribution in [2.45, 2.75) is 59.5 Å². The van der Waals surface area contributed by atoms with Gasteiger partial charge in [-0.2, -0.15) is 5.10 Å². The Hall–Kier alpha value is -1.36. The molecule has 0 aromatic carbocycles. The van der Waals surface area contributed by atoms with Gasteiger partial charge in [0, 0.05) is 24.8 Å². The van der Waals surface area contributed by atoms with E-state index in [1.54, 1.807) is 4.68 Å². The van der Waals surface area contributed by atoms with Crippen molar-refractivity contribution in [1.29, 1.82) is 0 Å². The van der Waals surface area contributed by atoms with Crippen molar-refractivity contribution < 1.29 is 4.79 Å². The van der Waals surface area contributed by atoms with E-state index in [4.69, 9.17) is 0 Å². The largest absolute Gasteiger partial charge is 0.353 e. The smallest absolute Gasteiger partial charge is 0.241 e. The molecule has 2 heterocycles. The minimum atomic E-state index is 0.0465. The molecule has 1 atom stereocenters. The lowest BCUT2D eigenvalue weighted by Gasteiger charge is -2.33. The number of piperidine rings is 1. The number of nitrogens with zero attached hydrogens (tertiary/aromatic N) is 3. The lowest BCUT2D eigenvalue weighted by atomic mass is 10.0. The Labute approximate surface area is 127 Å². The summed E-state index contributed by atoms with van der Waals surface area (Å²) in [6.45, 7) is 11.5. The Bertz CT molecular complexity index is 495. The maximum atomic E-state index is 12.0. The summed E-state index contributed by atoms with van der Waals surface area (Å²) in [5.74, 6) is 0.0465. The first-order valence-corrected chi connectivity index (χ1v) is 8.00. The number of amides is 1. The van der Waals surface area contributed by atoms with Gasteiger partial charge in [-0.25, -0.2) is 0 Å². The molecule has 5 nitrogen and oxygen atoms in total. The van der Waals surface area contributed by atoms with E-state index in [2.05, 4.69) is 22.2 Å². The molecule has 0 spiro atoms. The van der Waals surface area contributed by atoms with Crippen LogP contribution >= 0.6 is 0 Å². The highest BCUT2D eigenvalue weighted by Crippen LogP contribution is 2.15. The molecule has 5 heteroatoms. The van der Waals surface area contributed by atoms with Gasteiger partial charge in [0.25, 0.3) is 0 Å². The van der Waals surface area contributed by atoms with E-state index in [-0.39, 0.29) is 5.91 Å². The molecule has 2 rings (SSSR count). The highest BCUT2D eigenvalue weighted by atomic mass is 16.2. The van der Waals surface area contributed by atoms with Crippen molar-refractivity contribution in [2.75, 3.05) is 19.6 Å². The highest BCUT2D eigenvalue weighted by molar-refractivity contribution is 5.75. The van der Waals surface area contributed by atoms with Crippen LogP contribution in [0, 0.1) is 20.8 Å². The van der Waals surface area contributed by atoms with E-state index in [9.17, 15) is 4.79 Å². The van der Waals surface area contributed by atoms with Crippen molar-refractivity contribution in [2.24, 2.45) is 0 Å². The van der Waals surface area contributed by atoms with Gasteiger partial charge in [0.05, 0.1) is 5.69 Å². The van der Waals surface area contributed by atoms with Gasteiger partial charge < -0.3 is 5.32 Å².